The molecule has 0 radical (unpaired) electrons. The molecule has 0 bridgehead atoms. The van der Waals surface area contributed by atoms with E-state index in [1.807, 2.05) is 90.3 Å². The van der Waals surface area contributed by atoms with Crippen LogP contribution in [0.1, 0.15) is 11.1 Å². The van der Waals surface area contributed by atoms with Gasteiger partial charge in [-0.2, -0.15) is 4.98 Å². The number of ether oxygens (including phenoxy) is 1. The average molecular weight is 623 g/mol. The Hall–Kier alpha value is -4.39. The molecule has 0 aliphatic heterocycles. The number of aromatic nitrogens is 4. The minimum absolute atomic E-state index is 0. The van der Waals surface area contributed by atoms with Gasteiger partial charge in [0.05, 0.1) is 23.9 Å². The van der Waals surface area contributed by atoms with Crippen molar-refractivity contribution in [3.63, 3.8) is 0 Å². The molecule has 0 spiro atoms. The minimum atomic E-state index is -3.24. The number of imidazole rings is 1. The number of sulfonamides is 1. The van der Waals surface area contributed by atoms with Crippen molar-refractivity contribution in [2.75, 3.05) is 42.5 Å². The smallest absolute Gasteiger partial charge is 0.229 e. The molecule has 0 unspecified atom stereocenters. The summed E-state index contributed by atoms with van der Waals surface area (Å²) in [6, 6.07) is 23.5. The van der Waals surface area contributed by atoms with Crippen molar-refractivity contribution < 1.29 is 13.2 Å². The monoisotopic (exact) mass is 622 g/mol. The van der Waals surface area contributed by atoms with Gasteiger partial charge in [0, 0.05) is 38.2 Å². The third kappa shape index (κ3) is 7.72. The second kappa shape index (κ2) is 13.7. The molecule has 43 heavy (non-hydrogen) atoms. The number of anilines is 5. The highest BCUT2D eigenvalue weighted by Gasteiger charge is 2.13. The zero-order valence-corrected chi connectivity index (χ0v) is 26.0. The van der Waals surface area contributed by atoms with Crippen molar-refractivity contribution in [3.05, 3.63) is 90.1 Å². The van der Waals surface area contributed by atoms with Crippen LogP contribution >= 0.6 is 12.4 Å². The van der Waals surface area contributed by atoms with Crippen LogP contribution in [0.25, 0.3) is 11.0 Å². The van der Waals surface area contributed by atoms with E-state index in [4.69, 9.17) is 14.7 Å². The molecular weight excluding hydrogens is 588 g/mol. The number of hydrogen-bond acceptors (Lipinski definition) is 9. The summed E-state index contributed by atoms with van der Waals surface area (Å²) in [7, 11) is 3.78. The van der Waals surface area contributed by atoms with E-state index in [1.54, 1.807) is 13.3 Å². The summed E-state index contributed by atoms with van der Waals surface area (Å²) in [4.78, 5) is 15.9. The molecule has 0 saturated heterocycles. The van der Waals surface area contributed by atoms with Gasteiger partial charge in [0.1, 0.15) is 11.6 Å². The van der Waals surface area contributed by atoms with Crippen LogP contribution in [-0.4, -0.2) is 54.9 Å². The second-order valence-corrected chi connectivity index (χ2v) is 11.8. The molecule has 2 aromatic heterocycles. The molecule has 3 aromatic carbocycles. The van der Waals surface area contributed by atoms with E-state index in [2.05, 4.69) is 26.4 Å². The number of methoxy groups -OCH3 is 1. The van der Waals surface area contributed by atoms with Gasteiger partial charge in [-0.05, 0) is 73.1 Å². The molecule has 5 aromatic rings. The SMILES string of the molecule is CNS(=O)(=O)CCc1ccc(Nc2nccc(N(C)c3ccc4c(c3)nc(NCc3ccc(OC)cc3)n4C)n2)cc1.Cl. The lowest BCUT2D eigenvalue weighted by atomic mass is 10.1. The number of aryl methyl sites for hydroxylation is 2. The van der Waals surface area contributed by atoms with E-state index >= 15 is 0 Å². The summed E-state index contributed by atoms with van der Waals surface area (Å²) in [5, 5.41) is 6.65. The van der Waals surface area contributed by atoms with Crippen LogP contribution in [0.2, 0.25) is 0 Å². The highest BCUT2D eigenvalue weighted by Crippen LogP contribution is 2.28. The molecule has 3 N–H and O–H groups in total. The lowest BCUT2D eigenvalue weighted by molar-refractivity contribution is 0.414. The Morgan fingerprint density at radius 2 is 1.67 bits per heavy atom. The lowest BCUT2D eigenvalue weighted by Crippen LogP contribution is -2.23. The van der Waals surface area contributed by atoms with Crippen LogP contribution in [-0.2, 0) is 30.0 Å². The van der Waals surface area contributed by atoms with E-state index in [0.717, 1.165) is 51.1 Å². The predicted octanol–water partition coefficient (Wildman–Crippen LogP) is 5.01. The fourth-order valence-corrected chi connectivity index (χ4v) is 5.15. The Balaban J connectivity index is 0.00000423. The average Bonchev–Trinajstić information content (AvgIpc) is 3.34. The number of nitrogens with zero attached hydrogens (tertiary/aromatic N) is 5. The Labute approximate surface area is 257 Å². The van der Waals surface area contributed by atoms with Gasteiger partial charge in [0.2, 0.25) is 21.9 Å². The third-order valence-corrected chi connectivity index (χ3v) is 8.39. The largest absolute Gasteiger partial charge is 0.497 e. The Bertz CT molecular complexity index is 1780. The fourth-order valence-electron chi connectivity index (χ4n) is 4.45. The second-order valence-electron chi connectivity index (χ2n) is 9.76. The molecule has 0 fully saturated rings. The molecule has 11 nitrogen and oxygen atoms in total. The molecule has 0 saturated carbocycles. The highest BCUT2D eigenvalue weighted by molar-refractivity contribution is 7.89. The molecule has 0 aliphatic carbocycles. The Morgan fingerprint density at radius 3 is 2.37 bits per heavy atom. The third-order valence-electron chi connectivity index (χ3n) is 7.03. The fraction of sp³-hybridized carbons (Fsp3) is 0.233. The number of benzene rings is 3. The zero-order chi connectivity index (χ0) is 29.7. The maximum absolute atomic E-state index is 11.7. The van der Waals surface area contributed by atoms with Gasteiger partial charge in [-0.1, -0.05) is 24.3 Å². The molecule has 226 valence electrons. The van der Waals surface area contributed by atoms with Crippen LogP contribution in [0.4, 0.5) is 29.1 Å². The molecule has 0 aliphatic rings. The maximum Gasteiger partial charge on any atom is 0.229 e. The summed E-state index contributed by atoms with van der Waals surface area (Å²) >= 11 is 0. The topological polar surface area (TPSA) is 126 Å². The van der Waals surface area contributed by atoms with Crippen LogP contribution in [0.3, 0.4) is 0 Å². The maximum atomic E-state index is 11.7. The van der Waals surface area contributed by atoms with Crippen molar-refractivity contribution in [2.45, 2.75) is 13.0 Å². The van der Waals surface area contributed by atoms with Gasteiger partial charge < -0.3 is 24.8 Å². The number of rotatable bonds is 12. The van der Waals surface area contributed by atoms with E-state index in [-0.39, 0.29) is 18.2 Å². The van der Waals surface area contributed by atoms with Crippen LogP contribution in [0, 0.1) is 0 Å². The molecular formula is C30H35ClN8O3S. The Kier molecular flexibility index (Phi) is 10.1. The van der Waals surface area contributed by atoms with E-state index in [9.17, 15) is 8.42 Å². The van der Waals surface area contributed by atoms with Crippen molar-refractivity contribution in [2.24, 2.45) is 7.05 Å². The van der Waals surface area contributed by atoms with E-state index < -0.39 is 10.0 Å². The summed E-state index contributed by atoms with van der Waals surface area (Å²) in [5.41, 5.74) is 5.69. The van der Waals surface area contributed by atoms with Crippen LogP contribution in [0.15, 0.2) is 79.0 Å². The van der Waals surface area contributed by atoms with Crippen molar-refractivity contribution in [1.82, 2.24) is 24.2 Å². The van der Waals surface area contributed by atoms with Gasteiger partial charge in [-0.25, -0.2) is 23.1 Å². The normalized spacial score (nSPS) is 11.2. The van der Waals surface area contributed by atoms with Gasteiger partial charge >= 0.3 is 0 Å². The zero-order valence-electron chi connectivity index (χ0n) is 24.4. The van der Waals surface area contributed by atoms with Gasteiger partial charge in [-0.15, -0.1) is 12.4 Å². The highest BCUT2D eigenvalue weighted by atomic mass is 35.5. The van der Waals surface area contributed by atoms with Crippen molar-refractivity contribution in [3.8, 4) is 5.75 Å². The minimum Gasteiger partial charge on any atom is -0.497 e. The summed E-state index contributed by atoms with van der Waals surface area (Å²) in [5.74, 6) is 2.82. The van der Waals surface area contributed by atoms with Crippen molar-refractivity contribution in [1.29, 1.82) is 0 Å². The van der Waals surface area contributed by atoms with Gasteiger partial charge in [-0.3, -0.25) is 0 Å². The lowest BCUT2D eigenvalue weighted by Gasteiger charge is -2.19. The first kappa shape index (κ1) is 31.5. The number of halogens is 1. The Morgan fingerprint density at radius 1 is 0.953 bits per heavy atom. The first-order valence-corrected chi connectivity index (χ1v) is 15.1. The standard InChI is InChI=1S/C30H34N8O3S.ClH/c1-31-42(39,40)18-16-21-5-9-23(10-6-21)34-29-32-17-15-28(36-29)37(2)24-11-14-27-26(19-24)35-30(38(27)3)33-20-22-7-12-25(41-4)13-8-22;/h5-15,17,19,31H,16,18,20H2,1-4H3,(H,33,35)(H,32,34,36);1H. The van der Waals surface area contributed by atoms with Crippen LogP contribution in [0.5, 0.6) is 5.75 Å². The van der Waals surface area contributed by atoms with Crippen LogP contribution < -0.4 is 25.0 Å². The van der Waals surface area contributed by atoms with Gasteiger partial charge in [0.25, 0.3) is 0 Å². The van der Waals surface area contributed by atoms with Gasteiger partial charge in [0.15, 0.2) is 0 Å². The first-order chi connectivity index (χ1) is 20.2. The first-order valence-electron chi connectivity index (χ1n) is 13.4. The molecule has 0 atom stereocenters. The molecule has 2 heterocycles. The van der Waals surface area contributed by atoms with Crippen molar-refractivity contribution >= 4 is 62.6 Å². The summed E-state index contributed by atoms with van der Waals surface area (Å²) in [6.45, 7) is 0.644. The number of nitrogens with one attached hydrogen (secondary N) is 3. The number of fused-ring (bicyclic) bond motifs is 1. The summed E-state index contributed by atoms with van der Waals surface area (Å²) < 4.78 is 33.0. The van der Waals surface area contributed by atoms with E-state index in [1.165, 1.54) is 7.05 Å². The quantitative estimate of drug-likeness (QED) is 0.176. The predicted molar refractivity (Wildman–Crippen MR) is 175 cm³/mol. The molecule has 13 heteroatoms. The molecule has 5 rings (SSSR count). The summed E-state index contributed by atoms with van der Waals surface area (Å²) in [6.07, 6.45) is 2.14. The van der Waals surface area contributed by atoms with E-state index in [0.29, 0.717) is 18.9 Å². The molecule has 0 amide bonds. The number of hydrogen-bond donors (Lipinski definition) is 3.